The third-order valence-electron chi connectivity index (χ3n) is 6.87. The van der Waals surface area contributed by atoms with Crippen molar-refractivity contribution in [2.45, 2.75) is 57.8 Å². The van der Waals surface area contributed by atoms with Gasteiger partial charge in [0.05, 0.1) is 5.41 Å². The number of hydrogen-bond donors (Lipinski definition) is 2. The maximum atomic E-state index is 12.8. The largest absolute Gasteiger partial charge is 0.481 e. The Hall–Kier alpha value is -1.06. The van der Waals surface area contributed by atoms with Crippen LogP contribution in [0.4, 0.5) is 0 Å². The molecule has 4 heteroatoms. The van der Waals surface area contributed by atoms with Crippen molar-refractivity contribution < 1.29 is 14.7 Å². The average molecular weight is 291 g/mol. The number of carboxylic acids is 1. The molecule has 4 nitrogen and oxygen atoms in total. The highest BCUT2D eigenvalue weighted by molar-refractivity contribution is 5.84. The number of carbonyl (C=O) groups excluding carboxylic acids is 1. The van der Waals surface area contributed by atoms with Crippen LogP contribution in [0, 0.1) is 28.6 Å². The molecule has 0 radical (unpaired) electrons. The maximum Gasteiger partial charge on any atom is 0.311 e. The lowest BCUT2D eigenvalue weighted by Crippen LogP contribution is -2.56. The van der Waals surface area contributed by atoms with E-state index in [2.05, 4.69) is 5.32 Å². The van der Waals surface area contributed by atoms with Gasteiger partial charge in [-0.1, -0.05) is 6.42 Å². The summed E-state index contributed by atoms with van der Waals surface area (Å²) >= 11 is 0. The molecule has 5 rings (SSSR count). The number of amides is 1. The van der Waals surface area contributed by atoms with Crippen molar-refractivity contribution in [2.75, 3.05) is 6.54 Å². The molecular weight excluding hydrogens is 266 g/mol. The van der Waals surface area contributed by atoms with Gasteiger partial charge in [-0.2, -0.15) is 0 Å². The smallest absolute Gasteiger partial charge is 0.311 e. The third-order valence-corrected chi connectivity index (χ3v) is 6.87. The minimum absolute atomic E-state index is 0.155. The molecule has 5 aliphatic carbocycles. The highest BCUT2D eigenvalue weighted by atomic mass is 16.4. The van der Waals surface area contributed by atoms with E-state index in [0.29, 0.717) is 19.4 Å². The van der Waals surface area contributed by atoms with Gasteiger partial charge in [0.2, 0.25) is 5.91 Å². The second-order valence-electron chi connectivity index (χ2n) is 8.32. The first kappa shape index (κ1) is 13.6. The summed E-state index contributed by atoms with van der Waals surface area (Å²) in [4.78, 5) is 24.2. The zero-order chi connectivity index (χ0) is 14.7. The Bertz CT molecular complexity index is 445. The molecule has 0 aromatic carbocycles. The lowest BCUT2D eigenvalue weighted by Gasteiger charge is -2.55. The summed E-state index contributed by atoms with van der Waals surface area (Å²) in [5, 5.41) is 12.4. The Kier molecular flexibility index (Phi) is 2.89. The van der Waals surface area contributed by atoms with E-state index >= 15 is 0 Å². The van der Waals surface area contributed by atoms with Gasteiger partial charge >= 0.3 is 5.97 Å². The minimum atomic E-state index is -0.737. The monoisotopic (exact) mass is 291 g/mol. The fraction of sp³-hybridized carbons (Fsp3) is 0.882. The number of carboxylic acid groups (broad SMARTS) is 1. The van der Waals surface area contributed by atoms with E-state index < -0.39 is 11.4 Å². The summed E-state index contributed by atoms with van der Waals surface area (Å²) in [6.45, 7) is 0.336. The predicted molar refractivity (Wildman–Crippen MR) is 77.5 cm³/mol. The molecule has 0 spiro atoms. The van der Waals surface area contributed by atoms with Gasteiger partial charge in [-0.3, -0.25) is 9.59 Å². The Morgan fingerprint density at radius 1 is 1.00 bits per heavy atom. The molecule has 0 heterocycles. The minimum Gasteiger partial charge on any atom is -0.481 e. The number of rotatable bonds is 4. The molecule has 0 aromatic heterocycles. The Balaban J connectivity index is 1.44. The molecule has 2 N–H and O–H groups in total. The molecule has 116 valence electrons. The van der Waals surface area contributed by atoms with Crippen LogP contribution in [0.25, 0.3) is 0 Å². The molecule has 5 aliphatic rings. The Morgan fingerprint density at radius 2 is 1.52 bits per heavy atom. The molecule has 1 amide bonds. The van der Waals surface area contributed by atoms with Gasteiger partial charge in [0.25, 0.3) is 0 Å². The highest BCUT2D eigenvalue weighted by Gasteiger charge is 2.55. The van der Waals surface area contributed by atoms with Gasteiger partial charge in [-0.25, -0.2) is 0 Å². The fourth-order valence-electron chi connectivity index (χ4n) is 5.90. The molecular formula is C17H25NO3. The molecule has 0 atom stereocenters. The summed E-state index contributed by atoms with van der Waals surface area (Å²) < 4.78 is 0. The summed E-state index contributed by atoms with van der Waals surface area (Å²) in [7, 11) is 0. The first-order valence-electron chi connectivity index (χ1n) is 8.53. The standard InChI is InChI=1S/C17H25NO3/c19-14(18-10-16(15(20)21)2-1-3-16)17-7-11-4-12(8-17)6-13(5-11)9-17/h11-13H,1-10H2,(H,18,19)(H,20,21). The van der Waals surface area contributed by atoms with E-state index in [9.17, 15) is 14.7 Å². The SMILES string of the molecule is O=C(O)C1(CNC(=O)C23CC4CC(CC(C4)C2)C3)CCC1. The van der Waals surface area contributed by atoms with E-state index in [1.54, 1.807) is 0 Å². The van der Waals surface area contributed by atoms with E-state index in [1.807, 2.05) is 0 Å². The van der Waals surface area contributed by atoms with Gasteiger partial charge in [-0.05, 0) is 69.1 Å². The Morgan fingerprint density at radius 3 is 1.90 bits per heavy atom. The zero-order valence-corrected chi connectivity index (χ0v) is 12.6. The van der Waals surface area contributed by atoms with Crippen LogP contribution >= 0.6 is 0 Å². The number of nitrogens with one attached hydrogen (secondary N) is 1. The Labute approximate surface area is 125 Å². The fourth-order valence-corrected chi connectivity index (χ4v) is 5.90. The van der Waals surface area contributed by atoms with Gasteiger partial charge in [-0.15, -0.1) is 0 Å². The molecule has 0 aliphatic heterocycles. The third kappa shape index (κ3) is 2.01. The zero-order valence-electron chi connectivity index (χ0n) is 12.6. The van der Waals surface area contributed by atoms with Crippen LogP contribution in [-0.4, -0.2) is 23.5 Å². The first-order chi connectivity index (χ1) is 10.0. The lowest BCUT2D eigenvalue weighted by molar-refractivity contribution is -0.156. The predicted octanol–water partition coefficient (Wildman–Crippen LogP) is 2.57. The van der Waals surface area contributed by atoms with Crippen LogP contribution in [0.1, 0.15) is 57.8 Å². The summed E-state index contributed by atoms with van der Waals surface area (Å²) in [5.74, 6) is 1.67. The van der Waals surface area contributed by atoms with E-state index in [-0.39, 0.29) is 11.3 Å². The van der Waals surface area contributed by atoms with Gasteiger partial charge in [0, 0.05) is 12.0 Å². The van der Waals surface area contributed by atoms with E-state index in [0.717, 1.165) is 43.4 Å². The van der Waals surface area contributed by atoms with Crippen molar-refractivity contribution >= 4 is 11.9 Å². The van der Waals surface area contributed by atoms with Crippen molar-refractivity contribution in [1.29, 1.82) is 0 Å². The van der Waals surface area contributed by atoms with Crippen LogP contribution in [0.2, 0.25) is 0 Å². The van der Waals surface area contributed by atoms with Gasteiger partial charge < -0.3 is 10.4 Å². The van der Waals surface area contributed by atoms with Crippen LogP contribution in [0.15, 0.2) is 0 Å². The normalized spacial score (nSPS) is 42.4. The van der Waals surface area contributed by atoms with Crippen molar-refractivity contribution in [3.8, 4) is 0 Å². The van der Waals surface area contributed by atoms with E-state index in [4.69, 9.17) is 0 Å². The van der Waals surface area contributed by atoms with Crippen LogP contribution in [0.3, 0.4) is 0 Å². The molecule has 0 aromatic rings. The maximum absolute atomic E-state index is 12.8. The number of aliphatic carboxylic acids is 1. The lowest BCUT2D eigenvalue weighted by atomic mass is 9.49. The van der Waals surface area contributed by atoms with Crippen LogP contribution in [-0.2, 0) is 9.59 Å². The van der Waals surface area contributed by atoms with Crippen LogP contribution < -0.4 is 5.32 Å². The quantitative estimate of drug-likeness (QED) is 0.836. The molecule has 0 unspecified atom stereocenters. The van der Waals surface area contributed by atoms with Crippen molar-refractivity contribution in [2.24, 2.45) is 28.6 Å². The topological polar surface area (TPSA) is 66.4 Å². The molecule has 4 bridgehead atoms. The molecule has 5 fully saturated rings. The van der Waals surface area contributed by atoms with Gasteiger partial charge in [0.1, 0.15) is 0 Å². The van der Waals surface area contributed by atoms with Gasteiger partial charge in [0.15, 0.2) is 0 Å². The average Bonchev–Trinajstić information content (AvgIpc) is 2.35. The highest BCUT2D eigenvalue weighted by Crippen LogP contribution is 2.60. The van der Waals surface area contributed by atoms with Crippen molar-refractivity contribution in [3.05, 3.63) is 0 Å². The molecule has 5 saturated carbocycles. The number of carbonyl (C=O) groups is 2. The summed E-state index contributed by atoms with van der Waals surface area (Å²) in [6, 6.07) is 0. The van der Waals surface area contributed by atoms with E-state index in [1.165, 1.54) is 19.3 Å². The van der Waals surface area contributed by atoms with Crippen LogP contribution in [0.5, 0.6) is 0 Å². The first-order valence-corrected chi connectivity index (χ1v) is 8.53. The number of hydrogen-bond acceptors (Lipinski definition) is 2. The van der Waals surface area contributed by atoms with Crippen molar-refractivity contribution in [3.63, 3.8) is 0 Å². The molecule has 21 heavy (non-hydrogen) atoms. The molecule has 0 saturated heterocycles. The second kappa shape index (κ2) is 4.47. The van der Waals surface area contributed by atoms with Crippen molar-refractivity contribution in [1.82, 2.24) is 5.32 Å². The summed E-state index contributed by atoms with van der Waals surface area (Å²) in [6.07, 6.45) is 9.51. The second-order valence-corrected chi connectivity index (χ2v) is 8.32. The summed E-state index contributed by atoms with van der Waals surface area (Å²) in [5.41, 5.74) is -0.823.